The highest BCUT2D eigenvalue weighted by Gasteiger charge is 2.10. The number of aromatic amines is 2. The molecule has 0 fully saturated rings. The summed E-state index contributed by atoms with van der Waals surface area (Å²) in [4.78, 5) is 30.5. The number of carbonyl (C=O) groups excluding carboxylic acids is 2. The van der Waals surface area contributed by atoms with Crippen LogP contribution in [0.1, 0.15) is 21.0 Å². The fourth-order valence-corrected chi connectivity index (χ4v) is 2.93. The molecule has 0 saturated carbocycles. The molecule has 0 radical (unpaired) electrons. The minimum absolute atomic E-state index is 0.193. The van der Waals surface area contributed by atoms with Gasteiger partial charge in [0.05, 0.1) is 0 Å². The zero-order chi connectivity index (χ0) is 17.9. The highest BCUT2D eigenvalue weighted by molar-refractivity contribution is 5.99. The number of rotatable bonds is 5. The fourth-order valence-electron chi connectivity index (χ4n) is 2.93. The van der Waals surface area contributed by atoms with Crippen molar-refractivity contribution in [2.24, 2.45) is 0 Å². The molecule has 0 atom stereocenters. The second-order valence-electron chi connectivity index (χ2n) is 6.05. The predicted molar refractivity (Wildman–Crippen MR) is 101 cm³/mol. The van der Waals surface area contributed by atoms with Gasteiger partial charge >= 0.3 is 0 Å². The molecule has 2 heterocycles. The summed E-state index contributed by atoms with van der Waals surface area (Å²) >= 11 is 0. The Morgan fingerprint density at radius 1 is 0.692 bits per heavy atom. The molecule has 0 spiro atoms. The van der Waals surface area contributed by atoms with Gasteiger partial charge in [0.15, 0.2) is 0 Å². The number of H-pyrrole nitrogens is 2. The number of nitrogens with one attached hydrogen (secondary N) is 4. The summed E-state index contributed by atoms with van der Waals surface area (Å²) in [5.41, 5.74) is 2.86. The average molecular weight is 346 g/mol. The summed E-state index contributed by atoms with van der Waals surface area (Å²) < 4.78 is 0. The molecule has 4 aromatic rings. The normalized spacial score (nSPS) is 10.9. The van der Waals surface area contributed by atoms with Gasteiger partial charge in [0, 0.05) is 34.9 Å². The van der Waals surface area contributed by atoms with Crippen LogP contribution in [0.5, 0.6) is 0 Å². The van der Waals surface area contributed by atoms with E-state index < -0.39 is 0 Å². The third-order valence-corrected chi connectivity index (χ3v) is 4.25. The molecule has 4 rings (SSSR count). The van der Waals surface area contributed by atoms with E-state index >= 15 is 0 Å². The van der Waals surface area contributed by atoms with Crippen LogP contribution < -0.4 is 10.6 Å². The van der Waals surface area contributed by atoms with Gasteiger partial charge in [-0.3, -0.25) is 9.59 Å². The number of carbonyl (C=O) groups is 2. The summed E-state index contributed by atoms with van der Waals surface area (Å²) in [6.45, 7) is 0.695. The molecule has 0 aliphatic carbocycles. The Morgan fingerprint density at radius 3 is 1.54 bits per heavy atom. The maximum Gasteiger partial charge on any atom is 0.267 e. The first-order valence-corrected chi connectivity index (χ1v) is 8.42. The van der Waals surface area contributed by atoms with Crippen LogP contribution in [0.4, 0.5) is 0 Å². The summed E-state index contributed by atoms with van der Waals surface area (Å²) in [6, 6.07) is 19.1. The van der Waals surface area contributed by atoms with Gasteiger partial charge in [-0.1, -0.05) is 36.4 Å². The van der Waals surface area contributed by atoms with Gasteiger partial charge in [-0.2, -0.15) is 0 Å². The predicted octanol–water partition coefficient (Wildman–Crippen LogP) is 2.81. The highest BCUT2D eigenvalue weighted by atomic mass is 16.2. The maximum absolute atomic E-state index is 12.2. The molecule has 130 valence electrons. The molecule has 0 aliphatic rings. The smallest absolute Gasteiger partial charge is 0.267 e. The summed E-state index contributed by atoms with van der Waals surface area (Å²) in [5.74, 6) is -0.387. The number of fused-ring (bicyclic) bond motifs is 2. The molecule has 0 unspecified atom stereocenters. The zero-order valence-corrected chi connectivity index (χ0v) is 14.0. The Morgan fingerprint density at radius 2 is 1.12 bits per heavy atom. The zero-order valence-electron chi connectivity index (χ0n) is 14.0. The summed E-state index contributed by atoms with van der Waals surface area (Å²) in [7, 11) is 0. The van der Waals surface area contributed by atoms with Crippen molar-refractivity contribution in [1.29, 1.82) is 0 Å². The lowest BCUT2D eigenvalue weighted by atomic mass is 10.2. The van der Waals surface area contributed by atoms with Crippen LogP contribution in [0.2, 0.25) is 0 Å². The van der Waals surface area contributed by atoms with Gasteiger partial charge in [-0.25, -0.2) is 0 Å². The van der Waals surface area contributed by atoms with Crippen LogP contribution >= 0.6 is 0 Å². The molecule has 2 aromatic carbocycles. The minimum Gasteiger partial charge on any atom is -0.351 e. The van der Waals surface area contributed by atoms with Crippen molar-refractivity contribution < 1.29 is 9.59 Å². The Labute approximate surface area is 149 Å². The van der Waals surface area contributed by atoms with E-state index in [0.29, 0.717) is 24.5 Å². The van der Waals surface area contributed by atoms with Gasteiger partial charge in [0.25, 0.3) is 11.8 Å². The molecule has 6 heteroatoms. The fraction of sp³-hybridized carbons (Fsp3) is 0.100. The average Bonchev–Trinajstić information content (AvgIpc) is 3.28. The molecular formula is C20H18N4O2. The molecule has 2 amide bonds. The Bertz CT molecular complexity index is 939. The molecular weight excluding hydrogens is 328 g/mol. The van der Waals surface area contributed by atoms with Gasteiger partial charge < -0.3 is 20.6 Å². The topological polar surface area (TPSA) is 89.8 Å². The molecule has 4 N–H and O–H groups in total. The highest BCUT2D eigenvalue weighted by Crippen LogP contribution is 2.15. The lowest BCUT2D eigenvalue weighted by Gasteiger charge is -2.05. The summed E-state index contributed by atoms with van der Waals surface area (Å²) in [5, 5.41) is 7.58. The second-order valence-corrected chi connectivity index (χ2v) is 6.05. The standard InChI is InChI=1S/C20H18N4O2/c25-19(17-11-13-5-1-3-7-15(13)23-17)21-9-10-22-20(26)18-12-14-6-2-4-8-16(14)24-18/h1-8,11-12,23-24H,9-10H2,(H,21,25)(H,22,26). The maximum atomic E-state index is 12.2. The third kappa shape index (κ3) is 3.17. The van der Waals surface area contributed by atoms with E-state index in [1.54, 1.807) is 0 Å². The molecule has 26 heavy (non-hydrogen) atoms. The number of hydrogen-bond donors (Lipinski definition) is 4. The molecule has 6 nitrogen and oxygen atoms in total. The van der Waals surface area contributed by atoms with Crippen molar-refractivity contribution in [2.45, 2.75) is 0 Å². The van der Waals surface area contributed by atoms with Gasteiger partial charge in [-0.15, -0.1) is 0 Å². The second kappa shape index (κ2) is 6.76. The van der Waals surface area contributed by atoms with Crippen LogP contribution in [0.25, 0.3) is 21.8 Å². The SMILES string of the molecule is O=C(NCCNC(=O)c1cc2ccccc2[nH]1)c1cc2ccccc2[nH]1. The van der Waals surface area contributed by atoms with E-state index in [1.165, 1.54) is 0 Å². The Kier molecular flexibility index (Phi) is 4.15. The molecule has 0 aliphatic heterocycles. The number of para-hydroxylation sites is 2. The van der Waals surface area contributed by atoms with E-state index in [1.807, 2.05) is 60.7 Å². The largest absolute Gasteiger partial charge is 0.351 e. The third-order valence-electron chi connectivity index (χ3n) is 4.25. The first kappa shape index (κ1) is 16.0. The van der Waals surface area contributed by atoms with Crippen LogP contribution in [0.3, 0.4) is 0 Å². The van der Waals surface area contributed by atoms with Crippen LogP contribution in [0, 0.1) is 0 Å². The minimum atomic E-state index is -0.193. The van der Waals surface area contributed by atoms with Crippen LogP contribution in [-0.2, 0) is 0 Å². The van der Waals surface area contributed by atoms with Crippen molar-refractivity contribution in [2.75, 3.05) is 13.1 Å². The number of hydrogen-bond acceptors (Lipinski definition) is 2. The monoisotopic (exact) mass is 346 g/mol. The van der Waals surface area contributed by atoms with Crippen molar-refractivity contribution >= 4 is 33.6 Å². The van der Waals surface area contributed by atoms with Gasteiger partial charge in [0.1, 0.15) is 11.4 Å². The molecule has 0 bridgehead atoms. The first-order chi connectivity index (χ1) is 12.7. The number of aromatic nitrogens is 2. The van der Waals surface area contributed by atoms with Crippen LogP contribution in [-0.4, -0.2) is 34.9 Å². The van der Waals surface area contributed by atoms with Gasteiger partial charge in [0.2, 0.25) is 0 Å². The Hall–Kier alpha value is -3.54. The molecule has 0 saturated heterocycles. The quantitative estimate of drug-likeness (QED) is 0.419. The van der Waals surface area contributed by atoms with E-state index in [0.717, 1.165) is 21.8 Å². The van der Waals surface area contributed by atoms with Crippen molar-refractivity contribution in [3.63, 3.8) is 0 Å². The first-order valence-electron chi connectivity index (χ1n) is 8.42. The number of benzene rings is 2. The van der Waals surface area contributed by atoms with E-state index in [4.69, 9.17) is 0 Å². The molecule has 2 aromatic heterocycles. The van der Waals surface area contributed by atoms with Crippen LogP contribution in [0.15, 0.2) is 60.7 Å². The van der Waals surface area contributed by atoms with Crippen molar-refractivity contribution in [3.05, 3.63) is 72.1 Å². The van der Waals surface area contributed by atoms with Crippen molar-refractivity contribution in [1.82, 2.24) is 20.6 Å². The lowest BCUT2D eigenvalue weighted by Crippen LogP contribution is -2.34. The van der Waals surface area contributed by atoms with E-state index in [-0.39, 0.29) is 11.8 Å². The Balaban J connectivity index is 1.30. The van der Waals surface area contributed by atoms with E-state index in [9.17, 15) is 9.59 Å². The van der Waals surface area contributed by atoms with E-state index in [2.05, 4.69) is 20.6 Å². The summed E-state index contributed by atoms with van der Waals surface area (Å²) in [6.07, 6.45) is 0. The lowest BCUT2D eigenvalue weighted by molar-refractivity contribution is 0.0923. The number of amides is 2. The van der Waals surface area contributed by atoms with Crippen molar-refractivity contribution in [3.8, 4) is 0 Å². The van der Waals surface area contributed by atoms with Gasteiger partial charge in [-0.05, 0) is 24.3 Å².